The second-order valence-corrected chi connectivity index (χ2v) is 7.37. The fourth-order valence-electron chi connectivity index (χ4n) is 3.57. The summed E-state index contributed by atoms with van der Waals surface area (Å²) in [4.78, 5) is 17.3. The maximum atomic E-state index is 12.5. The Hall–Kier alpha value is -3.86. The number of nitrogens with one attached hydrogen (secondary N) is 1. The molecular formula is C26H25N3O2. The molecule has 0 aliphatic carbocycles. The molecule has 1 amide bonds. The molecule has 0 aliphatic rings. The molecule has 0 radical (unpaired) electrons. The molecule has 0 bridgehead atoms. The van der Waals surface area contributed by atoms with Crippen LogP contribution in [0.4, 0.5) is 0 Å². The summed E-state index contributed by atoms with van der Waals surface area (Å²) in [6.07, 6.45) is 3.37. The third kappa shape index (κ3) is 4.83. The first-order valence-corrected chi connectivity index (χ1v) is 10.3. The topological polar surface area (TPSA) is 56.1 Å². The Morgan fingerprint density at radius 3 is 2.48 bits per heavy atom. The van der Waals surface area contributed by atoms with Crippen LogP contribution in [0.1, 0.15) is 29.9 Å². The zero-order valence-corrected chi connectivity index (χ0v) is 17.7. The number of amides is 1. The number of benzene rings is 3. The molecule has 156 valence electrons. The summed E-state index contributed by atoms with van der Waals surface area (Å²) in [6.45, 7) is 2.61. The van der Waals surface area contributed by atoms with Gasteiger partial charge in [0.15, 0.2) is 0 Å². The van der Waals surface area contributed by atoms with Crippen LogP contribution in [0, 0.1) is 0 Å². The number of imidazole rings is 1. The minimum absolute atomic E-state index is 0.153. The molecule has 0 fully saturated rings. The van der Waals surface area contributed by atoms with E-state index >= 15 is 0 Å². The van der Waals surface area contributed by atoms with E-state index < -0.39 is 0 Å². The van der Waals surface area contributed by atoms with Crippen molar-refractivity contribution < 1.29 is 9.53 Å². The molecule has 0 saturated carbocycles. The van der Waals surface area contributed by atoms with Crippen LogP contribution in [0.15, 0.2) is 84.9 Å². The van der Waals surface area contributed by atoms with Crippen molar-refractivity contribution in [1.82, 2.24) is 14.9 Å². The zero-order valence-electron chi connectivity index (χ0n) is 17.7. The van der Waals surface area contributed by atoms with E-state index in [0.29, 0.717) is 6.54 Å². The van der Waals surface area contributed by atoms with Crippen LogP contribution >= 0.6 is 0 Å². The van der Waals surface area contributed by atoms with E-state index in [0.717, 1.165) is 33.7 Å². The molecule has 1 unspecified atom stereocenters. The van der Waals surface area contributed by atoms with Gasteiger partial charge in [0.2, 0.25) is 5.91 Å². The minimum atomic E-state index is -0.251. The quantitative estimate of drug-likeness (QED) is 0.436. The number of rotatable bonds is 7. The molecule has 3 aromatic carbocycles. The molecular weight excluding hydrogens is 386 g/mol. The van der Waals surface area contributed by atoms with Gasteiger partial charge in [0.1, 0.15) is 11.6 Å². The fraction of sp³-hybridized carbons (Fsp3) is 0.154. The lowest BCUT2D eigenvalue weighted by molar-refractivity contribution is -0.117. The molecule has 4 rings (SSSR count). The van der Waals surface area contributed by atoms with Crippen LogP contribution in [-0.2, 0) is 11.3 Å². The molecule has 1 N–H and O–H groups in total. The molecule has 0 aliphatic heterocycles. The van der Waals surface area contributed by atoms with Crippen molar-refractivity contribution in [2.45, 2.75) is 19.5 Å². The van der Waals surface area contributed by atoms with E-state index in [2.05, 4.69) is 16.0 Å². The summed E-state index contributed by atoms with van der Waals surface area (Å²) in [5.41, 5.74) is 4.06. The van der Waals surface area contributed by atoms with E-state index in [1.54, 1.807) is 13.2 Å². The number of aromatic nitrogens is 2. The number of hydrogen-bond acceptors (Lipinski definition) is 3. The molecule has 4 aromatic rings. The molecule has 0 saturated heterocycles. The second-order valence-electron chi connectivity index (χ2n) is 7.37. The van der Waals surface area contributed by atoms with E-state index in [1.807, 2.05) is 85.8 Å². The van der Waals surface area contributed by atoms with Crippen molar-refractivity contribution in [2.75, 3.05) is 7.11 Å². The third-order valence-electron chi connectivity index (χ3n) is 5.16. The number of hydrogen-bond donors (Lipinski definition) is 1. The van der Waals surface area contributed by atoms with Crippen LogP contribution in [0.25, 0.3) is 17.1 Å². The van der Waals surface area contributed by atoms with E-state index in [-0.39, 0.29) is 11.9 Å². The molecule has 1 aromatic heterocycles. The van der Waals surface area contributed by atoms with E-state index in [4.69, 9.17) is 9.72 Å². The van der Waals surface area contributed by atoms with E-state index in [9.17, 15) is 4.79 Å². The minimum Gasteiger partial charge on any atom is -0.497 e. The second kappa shape index (κ2) is 9.30. The number of fused-ring (bicyclic) bond motifs is 1. The average molecular weight is 412 g/mol. The lowest BCUT2D eigenvalue weighted by Crippen LogP contribution is -2.27. The van der Waals surface area contributed by atoms with Gasteiger partial charge < -0.3 is 14.6 Å². The fourth-order valence-corrected chi connectivity index (χ4v) is 3.57. The van der Waals surface area contributed by atoms with Crippen LogP contribution < -0.4 is 10.1 Å². The SMILES string of the molecule is COc1ccc(Cn2c(C(C)NC(=O)/C=C\c3ccccc3)nc3ccccc32)cc1. The van der Waals surface area contributed by atoms with Gasteiger partial charge in [-0.15, -0.1) is 0 Å². The first-order valence-electron chi connectivity index (χ1n) is 10.3. The van der Waals surface area contributed by atoms with E-state index in [1.165, 1.54) is 0 Å². The standard InChI is InChI=1S/C26H25N3O2/c1-19(27-25(30)17-14-20-8-4-3-5-9-20)26-28-23-10-6-7-11-24(23)29(26)18-21-12-15-22(31-2)16-13-21/h3-17,19H,18H2,1-2H3,(H,27,30)/b17-14-. The molecule has 1 heterocycles. The van der Waals surface area contributed by atoms with Gasteiger partial charge in [-0.05, 0) is 48.4 Å². The molecule has 31 heavy (non-hydrogen) atoms. The normalized spacial score (nSPS) is 12.2. The number of ether oxygens (including phenoxy) is 1. The average Bonchev–Trinajstić information content (AvgIpc) is 3.17. The Labute approximate surface area is 182 Å². The first-order chi connectivity index (χ1) is 15.1. The van der Waals surface area contributed by atoms with Gasteiger partial charge in [-0.2, -0.15) is 0 Å². The van der Waals surface area contributed by atoms with Crippen molar-refractivity contribution in [3.05, 3.63) is 102 Å². The summed E-state index contributed by atoms with van der Waals surface area (Å²) >= 11 is 0. The largest absolute Gasteiger partial charge is 0.497 e. The van der Waals surface area contributed by atoms with Gasteiger partial charge in [0, 0.05) is 12.6 Å². The first kappa shape index (κ1) is 20.4. The summed E-state index contributed by atoms with van der Waals surface area (Å²) < 4.78 is 7.42. The van der Waals surface area contributed by atoms with Gasteiger partial charge in [0.25, 0.3) is 0 Å². The van der Waals surface area contributed by atoms with Gasteiger partial charge >= 0.3 is 0 Å². The summed E-state index contributed by atoms with van der Waals surface area (Å²) in [7, 11) is 1.66. The summed E-state index contributed by atoms with van der Waals surface area (Å²) in [5.74, 6) is 1.49. The Kier molecular flexibility index (Phi) is 6.13. The van der Waals surface area contributed by atoms with Crippen LogP contribution in [0.5, 0.6) is 5.75 Å². The third-order valence-corrected chi connectivity index (χ3v) is 5.16. The zero-order chi connectivity index (χ0) is 21.6. The van der Waals surface area contributed by atoms with Gasteiger partial charge in [-0.1, -0.05) is 54.6 Å². The van der Waals surface area contributed by atoms with Crippen molar-refractivity contribution in [3.8, 4) is 5.75 Å². The van der Waals surface area contributed by atoms with Crippen LogP contribution in [0.2, 0.25) is 0 Å². The van der Waals surface area contributed by atoms with Crippen molar-refractivity contribution in [3.63, 3.8) is 0 Å². The maximum absolute atomic E-state index is 12.5. The number of carbonyl (C=O) groups is 1. The lowest BCUT2D eigenvalue weighted by Gasteiger charge is -2.16. The predicted octanol–water partition coefficient (Wildman–Crippen LogP) is 4.98. The molecule has 5 nitrogen and oxygen atoms in total. The Bertz CT molecular complexity index is 1190. The summed E-state index contributed by atoms with van der Waals surface area (Å²) in [6, 6.07) is 25.5. The molecule has 5 heteroatoms. The monoisotopic (exact) mass is 411 g/mol. The van der Waals surface area contributed by atoms with Gasteiger partial charge in [-0.3, -0.25) is 4.79 Å². The predicted molar refractivity (Wildman–Crippen MR) is 124 cm³/mol. The van der Waals surface area contributed by atoms with Crippen LogP contribution in [-0.4, -0.2) is 22.6 Å². The Morgan fingerprint density at radius 2 is 1.74 bits per heavy atom. The Balaban J connectivity index is 1.57. The molecule has 0 spiro atoms. The highest BCUT2D eigenvalue weighted by atomic mass is 16.5. The summed E-state index contributed by atoms with van der Waals surface area (Å²) in [5, 5.41) is 3.04. The van der Waals surface area contributed by atoms with Crippen LogP contribution in [0.3, 0.4) is 0 Å². The van der Waals surface area contributed by atoms with Gasteiger partial charge in [0.05, 0.1) is 24.2 Å². The van der Waals surface area contributed by atoms with Crippen molar-refractivity contribution in [2.24, 2.45) is 0 Å². The van der Waals surface area contributed by atoms with Gasteiger partial charge in [-0.25, -0.2) is 4.98 Å². The lowest BCUT2D eigenvalue weighted by atomic mass is 10.2. The highest BCUT2D eigenvalue weighted by Crippen LogP contribution is 2.23. The highest BCUT2D eigenvalue weighted by Gasteiger charge is 2.18. The van der Waals surface area contributed by atoms with Crippen molar-refractivity contribution >= 4 is 23.0 Å². The van der Waals surface area contributed by atoms with Crippen molar-refractivity contribution in [1.29, 1.82) is 0 Å². The number of para-hydroxylation sites is 2. The molecule has 1 atom stereocenters. The highest BCUT2D eigenvalue weighted by molar-refractivity contribution is 5.92. The maximum Gasteiger partial charge on any atom is 0.244 e. The number of nitrogens with zero attached hydrogens (tertiary/aromatic N) is 2. The number of carbonyl (C=O) groups excluding carboxylic acids is 1. The Morgan fingerprint density at radius 1 is 1.03 bits per heavy atom. The number of methoxy groups -OCH3 is 1. The smallest absolute Gasteiger partial charge is 0.244 e.